The first kappa shape index (κ1) is 103. The lowest BCUT2D eigenvalue weighted by atomic mass is 9.87. The van der Waals surface area contributed by atoms with Gasteiger partial charge in [0.25, 0.3) is 0 Å². The van der Waals surface area contributed by atoms with Crippen LogP contribution in [0.15, 0.2) is 97.1 Å². The molecule has 0 N–H and O–H groups in total. The minimum atomic E-state index is -0.937. The Morgan fingerprint density at radius 1 is 0.242 bits per heavy atom. The molecule has 0 heterocycles. The van der Waals surface area contributed by atoms with Crippen molar-refractivity contribution in [3.05, 3.63) is 164 Å². The maximum atomic E-state index is 13.7. The number of aryl methyl sites for hydroxylation is 4. The molecular formula is C96H128O28. The third kappa shape index (κ3) is 39.0. The molecule has 1 aliphatic rings. The number of hydrogen-bond acceptors (Lipinski definition) is 28. The highest BCUT2D eigenvalue weighted by Gasteiger charge is 2.28. The second-order valence-electron chi connectivity index (χ2n) is 30.3. The Kier molecular flexibility index (Phi) is 48.9. The van der Waals surface area contributed by atoms with Crippen LogP contribution in [0, 0.1) is 0 Å². The largest absolute Gasteiger partial charge is 0.489 e. The van der Waals surface area contributed by atoms with Crippen LogP contribution in [-0.4, -0.2) is 179 Å². The van der Waals surface area contributed by atoms with Crippen LogP contribution in [0.3, 0.4) is 0 Å². The van der Waals surface area contributed by atoms with Gasteiger partial charge in [-0.1, -0.05) is 205 Å². The van der Waals surface area contributed by atoms with Gasteiger partial charge < -0.3 is 75.8 Å². The summed E-state index contributed by atoms with van der Waals surface area (Å²) in [4.78, 5) is 152. The number of methoxy groups -OCH3 is 4. The molecule has 8 bridgehead atoms. The molecule has 0 atom stereocenters. The second kappa shape index (κ2) is 58.7. The van der Waals surface area contributed by atoms with Crippen LogP contribution in [0.5, 0.6) is 23.0 Å². The molecule has 28 nitrogen and oxygen atoms in total. The van der Waals surface area contributed by atoms with Crippen LogP contribution in [0.4, 0.5) is 0 Å². The molecule has 0 saturated heterocycles. The number of esters is 12. The first-order valence-corrected chi connectivity index (χ1v) is 43.2. The van der Waals surface area contributed by atoms with Gasteiger partial charge in [-0.25, -0.2) is 19.2 Å². The Morgan fingerprint density at radius 2 is 0.419 bits per heavy atom. The molecule has 0 fully saturated rings. The molecule has 4 aromatic rings. The minimum Gasteiger partial charge on any atom is -0.489 e. The van der Waals surface area contributed by atoms with Gasteiger partial charge in [-0.3, -0.25) is 38.4 Å². The summed E-state index contributed by atoms with van der Waals surface area (Å²) in [6.07, 6.45) is 20.1. The molecule has 0 aliphatic heterocycles. The third-order valence-corrected chi connectivity index (χ3v) is 20.1. The fraction of sp³-hybridized carbons (Fsp3) is 0.542. The van der Waals surface area contributed by atoms with Crippen LogP contribution in [0.1, 0.15) is 249 Å². The zero-order chi connectivity index (χ0) is 90.6. The maximum Gasteiger partial charge on any atom is 0.337 e. The molecule has 0 saturated carbocycles. The lowest BCUT2D eigenvalue weighted by Crippen LogP contribution is -2.20. The van der Waals surface area contributed by atoms with Gasteiger partial charge in [0.1, 0.15) is 128 Å². The fourth-order valence-corrected chi connectivity index (χ4v) is 13.6. The molecule has 0 radical (unpaired) electrons. The maximum absolute atomic E-state index is 13.7. The van der Waals surface area contributed by atoms with Crippen molar-refractivity contribution < 1.29 is 133 Å². The van der Waals surface area contributed by atoms with E-state index >= 15 is 0 Å². The van der Waals surface area contributed by atoms with Crippen LogP contribution < -0.4 is 18.9 Å². The van der Waals surface area contributed by atoms with E-state index in [1.54, 1.807) is 0 Å². The summed E-state index contributed by atoms with van der Waals surface area (Å²) >= 11 is 0. The average Bonchev–Trinajstić information content (AvgIpc) is 0.771. The molecule has 0 amide bonds. The number of rotatable bonds is 60. The lowest BCUT2D eigenvalue weighted by Gasteiger charge is -2.25. The van der Waals surface area contributed by atoms with Crippen molar-refractivity contribution in [2.45, 2.75) is 233 Å². The average molecular weight is 1730 g/mol. The van der Waals surface area contributed by atoms with Gasteiger partial charge in [-0.15, -0.1) is 0 Å². The zero-order valence-electron chi connectivity index (χ0n) is 74.0. The van der Waals surface area contributed by atoms with Gasteiger partial charge in [-0.05, 0) is 118 Å². The first-order chi connectivity index (χ1) is 59.8. The SMILES string of the molecule is C=C(COC(=O)CC(=O)OC)C(=O)OCCOc1c2cc(CCCCCCC)cc1Cc1cc(CCCCCCC)cc(c1OCCOC(=O)C(=C)COC(=O)CC(=O)OC)Cc1cc(CCCCCCC)cc(c1OCCOC(=O)C(=C)COC(=O)CC(=O)OC)Cc1cc(CCCCCCC)cc(c1OCCOC(=O)C(=C)COC(=O)CC(=O)OC)C2. The summed E-state index contributed by atoms with van der Waals surface area (Å²) in [5, 5.41) is 0. The van der Waals surface area contributed by atoms with Crippen molar-refractivity contribution >= 4 is 71.6 Å². The fourth-order valence-electron chi connectivity index (χ4n) is 13.6. The van der Waals surface area contributed by atoms with Gasteiger partial charge in [0, 0.05) is 25.7 Å². The van der Waals surface area contributed by atoms with Crippen molar-refractivity contribution in [2.24, 2.45) is 0 Å². The molecule has 5 rings (SSSR count). The third-order valence-electron chi connectivity index (χ3n) is 20.1. The Balaban J connectivity index is 1.91. The van der Waals surface area contributed by atoms with Crippen LogP contribution in [0.25, 0.3) is 0 Å². The van der Waals surface area contributed by atoms with Crippen molar-refractivity contribution in [3.63, 3.8) is 0 Å². The van der Waals surface area contributed by atoms with E-state index in [4.69, 9.17) is 56.8 Å². The van der Waals surface area contributed by atoms with Crippen molar-refractivity contribution in [1.29, 1.82) is 0 Å². The van der Waals surface area contributed by atoms with E-state index in [2.05, 4.69) is 121 Å². The van der Waals surface area contributed by atoms with E-state index in [1.807, 2.05) is 0 Å². The number of carbonyl (C=O) groups is 12. The number of ether oxygens (including phenoxy) is 16. The number of hydrogen-bond donors (Lipinski definition) is 0. The molecule has 1 aliphatic carbocycles. The van der Waals surface area contributed by atoms with Gasteiger partial charge >= 0.3 is 71.6 Å². The summed E-state index contributed by atoms with van der Waals surface area (Å²) in [5.41, 5.74) is 8.84. The zero-order valence-corrected chi connectivity index (χ0v) is 74.0. The topological polar surface area (TPSA) is 353 Å². The molecule has 28 heteroatoms. The number of fused-ring (bicyclic) bond motifs is 8. The van der Waals surface area contributed by atoms with E-state index in [-0.39, 0.29) is 101 Å². The summed E-state index contributed by atoms with van der Waals surface area (Å²) in [6, 6.07) is 17.0. The van der Waals surface area contributed by atoms with E-state index in [0.717, 1.165) is 179 Å². The van der Waals surface area contributed by atoms with Crippen LogP contribution in [-0.2, 0) is 166 Å². The lowest BCUT2D eigenvalue weighted by molar-refractivity contribution is -0.155. The van der Waals surface area contributed by atoms with Gasteiger partial charge in [0.2, 0.25) is 0 Å². The monoisotopic (exact) mass is 1730 g/mol. The van der Waals surface area contributed by atoms with E-state index < -0.39 is 124 Å². The predicted octanol–water partition coefficient (Wildman–Crippen LogP) is 14.8. The van der Waals surface area contributed by atoms with Gasteiger partial charge in [0.15, 0.2) is 0 Å². The Hall–Kier alpha value is -11.3. The van der Waals surface area contributed by atoms with Crippen molar-refractivity contribution in [1.82, 2.24) is 0 Å². The summed E-state index contributed by atoms with van der Waals surface area (Å²) < 4.78 is 90.4. The van der Waals surface area contributed by atoms with E-state index in [9.17, 15) is 57.5 Å². The van der Waals surface area contributed by atoms with Gasteiger partial charge in [-0.2, -0.15) is 0 Å². The predicted molar refractivity (Wildman–Crippen MR) is 460 cm³/mol. The highest BCUT2D eigenvalue weighted by Crippen LogP contribution is 2.42. The highest BCUT2D eigenvalue weighted by atomic mass is 16.6. The summed E-state index contributed by atoms with van der Waals surface area (Å²) in [7, 11) is 4.50. The van der Waals surface area contributed by atoms with E-state index in [1.165, 1.54) is 0 Å². The Bertz CT molecular complexity index is 3630. The Morgan fingerprint density at radius 3 is 0.589 bits per heavy atom. The quantitative estimate of drug-likeness (QED) is 0.0115. The molecule has 0 aromatic heterocycles. The Labute approximate surface area is 729 Å². The number of unbranched alkanes of at least 4 members (excludes halogenated alkanes) is 16. The smallest absolute Gasteiger partial charge is 0.337 e. The molecule has 124 heavy (non-hydrogen) atoms. The molecule has 0 spiro atoms. The second-order valence-corrected chi connectivity index (χ2v) is 30.3. The van der Waals surface area contributed by atoms with Crippen molar-refractivity contribution in [3.8, 4) is 23.0 Å². The summed E-state index contributed by atoms with van der Waals surface area (Å²) in [6.45, 7) is 19.4. The van der Waals surface area contributed by atoms with Gasteiger partial charge in [0.05, 0.1) is 50.7 Å². The van der Waals surface area contributed by atoms with E-state index in [0.29, 0.717) is 93.2 Å². The van der Waals surface area contributed by atoms with Crippen LogP contribution in [0.2, 0.25) is 0 Å². The first-order valence-electron chi connectivity index (χ1n) is 43.2. The number of benzene rings is 4. The normalized spacial score (nSPS) is 11.3. The van der Waals surface area contributed by atoms with Crippen molar-refractivity contribution in [2.75, 3.05) is 108 Å². The molecule has 0 unspecified atom stereocenters. The highest BCUT2D eigenvalue weighted by molar-refractivity contribution is 5.95. The van der Waals surface area contributed by atoms with Crippen LogP contribution >= 0.6 is 0 Å². The molecular weight excluding hydrogens is 1600 g/mol. The minimum absolute atomic E-state index is 0.153. The molecule has 4 aromatic carbocycles. The standard InChI is InChI=1S/C96H128O28/c1-13-17-21-25-29-33-69-45-73-53-75-47-70(34-30-26-22-18-14-2)49-77(90(75)114-38-42-118-94(106)66(6)62-122-86(102)58-82(98)110-10)55-79-51-72(36-32-28-24-20-16-4)52-80(92(79)116-40-44-120-96(108)68(8)64-124-88(104)60-84(100)112-12)56-78-50-71(35-31-27-23-19-15-3)48-76(91(78)115-39-43-119-95(107)67(7)63-123-87(103)59-83(99)111-11)54-74(46-69)89(73)113-37-41-117-93(105)65(5)61-121-85(101)57-81(97)109-9/h45-52H,5-8,13-44,53-64H2,1-4,9-12H3. The number of carbonyl (C=O) groups excluding carboxylic acids is 12. The molecule has 680 valence electrons. The summed E-state index contributed by atoms with van der Waals surface area (Å²) in [5.74, 6) is -8.87.